The second-order valence-corrected chi connectivity index (χ2v) is 6.27. The lowest BCUT2D eigenvalue weighted by atomic mass is 10.2. The summed E-state index contributed by atoms with van der Waals surface area (Å²) < 4.78 is 16.6. The van der Waals surface area contributed by atoms with Gasteiger partial charge in [-0.25, -0.2) is 4.79 Å². The molecule has 0 radical (unpaired) electrons. The summed E-state index contributed by atoms with van der Waals surface area (Å²) in [6.07, 6.45) is -0.0980. The topological polar surface area (TPSA) is 48.0 Å². The molecule has 138 valence electrons. The number of carbonyl (C=O) groups is 1. The average Bonchev–Trinajstić information content (AvgIpc) is 2.68. The summed E-state index contributed by atoms with van der Waals surface area (Å²) in [5.74, 6) is 0.410. The van der Waals surface area contributed by atoms with Gasteiger partial charge in [-0.2, -0.15) is 0 Å². The molecule has 5 nitrogen and oxygen atoms in total. The maximum Gasteiger partial charge on any atom is 0.338 e. The SMILES string of the molecule is CCOc1ccc(C(=O)OCC2CN(Cc3ccccc3)CCO2)cc1. The van der Waals surface area contributed by atoms with Gasteiger partial charge in [0.25, 0.3) is 0 Å². The first-order chi connectivity index (χ1) is 12.7. The quantitative estimate of drug-likeness (QED) is 0.714. The first-order valence-corrected chi connectivity index (χ1v) is 9.02. The highest BCUT2D eigenvalue weighted by atomic mass is 16.6. The molecule has 0 spiro atoms. The third-order valence-corrected chi connectivity index (χ3v) is 4.27. The van der Waals surface area contributed by atoms with Crippen LogP contribution in [-0.4, -0.2) is 49.9 Å². The first-order valence-electron chi connectivity index (χ1n) is 9.02. The molecule has 1 heterocycles. The van der Waals surface area contributed by atoms with E-state index in [9.17, 15) is 4.79 Å². The zero-order valence-electron chi connectivity index (χ0n) is 15.1. The van der Waals surface area contributed by atoms with Crippen LogP contribution in [0.1, 0.15) is 22.8 Å². The van der Waals surface area contributed by atoms with Gasteiger partial charge in [0.2, 0.25) is 0 Å². The van der Waals surface area contributed by atoms with Gasteiger partial charge in [0.05, 0.1) is 18.8 Å². The second-order valence-electron chi connectivity index (χ2n) is 6.27. The van der Waals surface area contributed by atoms with E-state index < -0.39 is 0 Å². The smallest absolute Gasteiger partial charge is 0.338 e. The van der Waals surface area contributed by atoms with Crippen LogP contribution in [0.4, 0.5) is 0 Å². The molecular formula is C21H25NO4. The number of morpholine rings is 1. The molecule has 1 aliphatic rings. The lowest BCUT2D eigenvalue weighted by Crippen LogP contribution is -2.44. The molecule has 0 aliphatic carbocycles. The highest BCUT2D eigenvalue weighted by Crippen LogP contribution is 2.14. The monoisotopic (exact) mass is 355 g/mol. The van der Waals surface area contributed by atoms with Crippen LogP contribution in [-0.2, 0) is 16.0 Å². The lowest BCUT2D eigenvalue weighted by molar-refractivity contribution is -0.0612. The molecule has 3 rings (SSSR count). The summed E-state index contributed by atoms with van der Waals surface area (Å²) in [4.78, 5) is 14.5. The van der Waals surface area contributed by atoms with Crippen LogP contribution in [0.25, 0.3) is 0 Å². The van der Waals surface area contributed by atoms with Crippen molar-refractivity contribution in [3.05, 3.63) is 65.7 Å². The highest BCUT2D eigenvalue weighted by molar-refractivity contribution is 5.89. The van der Waals surface area contributed by atoms with Gasteiger partial charge in [0.15, 0.2) is 0 Å². The van der Waals surface area contributed by atoms with Gasteiger partial charge in [-0.3, -0.25) is 4.90 Å². The Kier molecular flexibility index (Phi) is 6.63. The van der Waals surface area contributed by atoms with Crippen LogP contribution in [0.2, 0.25) is 0 Å². The van der Waals surface area contributed by atoms with Crippen molar-refractivity contribution in [3.8, 4) is 5.75 Å². The molecule has 0 saturated carbocycles. The Balaban J connectivity index is 1.47. The third kappa shape index (κ3) is 5.31. The highest BCUT2D eigenvalue weighted by Gasteiger charge is 2.22. The molecule has 0 N–H and O–H groups in total. The summed E-state index contributed by atoms with van der Waals surface area (Å²) in [5, 5.41) is 0. The maximum atomic E-state index is 12.2. The van der Waals surface area contributed by atoms with E-state index in [1.165, 1.54) is 5.56 Å². The molecule has 1 saturated heterocycles. The van der Waals surface area contributed by atoms with Crippen molar-refractivity contribution in [2.75, 3.05) is 32.9 Å². The Morgan fingerprint density at radius 2 is 1.92 bits per heavy atom. The fourth-order valence-electron chi connectivity index (χ4n) is 2.97. The van der Waals surface area contributed by atoms with Crippen molar-refractivity contribution in [2.45, 2.75) is 19.6 Å². The van der Waals surface area contributed by atoms with Crippen LogP contribution >= 0.6 is 0 Å². The van der Waals surface area contributed by atoms with Gasteiger partial charge in [0.1, 0.15) is 18.5 Å². The Hall–Kier alpha value is -2.37. The van der Waals surface area contributed by atoms with E-state index >= 15 is 0 Å². The number of esters is 1. The van der Waals surface area contributed by atoms with Gasteiger partial charge >= 0.3 is 5.97 Å². The van der Waals surface area contributed by atoms with E-state index in [0.29, 0.717) is 18.8 Å². The van der Waals surface area contributed by atoms with E-state index in [2.05, 4.69) is 17.0 Å². The summed E-state index contributed by atoms with van der Waals surface area (Å²) in [7, 11) is 0. The molecule has 1 aliphatic heterocycles. The zero-order valence-corrected chi connectivity index (χ0v) is 15.1. The number of benzene rings is 2. The predicted octanol–water partition coefficient (Wildman–Crippen LogP) is 3.14. The number of nitrogens with zero attached hydrogens (tertiary/aromatic N) is 1. The molecule has 0 amide bonds. The molecule has 1 unspecified atom stereocenters. The number of ether oxygens (including phenoxy) is 3. The molecule has 1 fully saturated rings. The van der Waals surface area contributed by atoms with Gasteiger partial charge in [-0.05, 0) is 36.8 Å². The maximum absolute atomic E-state index is 12.2. The standard InChI is InChI=1S/C21H25NO4/c1-2-24-19-10-8-18(9-11-19)21(23)26-16-20-15-22(12-13-25-20)14-17-6-4-3-5-7-17/h3-11,20H,2,12-16H2,1H3. The van der Waals surface area contributed by atoms with Crippen LogP contribution in [0.5, 0.6) is 5.75 Å². The normalized spacial score (nSPS) is 17.7. The van der Waals surface area contributed by atoms with Crippen LogP contribution in [0.3, 0.4) is 0 Å². The van der Waals surface area contributed by atoms with E-state index in [1.54, 1.807) is 24.3 Å². The van der Waals surface area contributed by atoms with Crippen molar-refractivity contribution in [1.29, 1.82) is 0 Å². The summed E-state index contributed by atoms with van der Waals surface area (Å²) in [5.41, 5.74) is 1.80. The van der Waals surface area contributed by atoms with Crippen LogP contribution in [0.15, 0.2) is 54.6 Å². The Morgan fingerprint density at radius 1 is 1.15 bits per heavy atom. The minimum absolute atomic E-state index is 0.0980. The number of hydrogen-bond acceptors (Lipinski definition) is 5. The van der Waals surface area contributed by atoms with Gasteiger partial charge in [-0.1, -0.05) is 30.3 Å². The van der Waals surface area contributed by atoms with Gasteiger partial charge in [0, 0.05) is 19.6 Å². The molecule has 26 heavy (non-hydrogen) atoms. The molecule has 5 heteroatoms. The minimum Gasteiger partial charge on any atom is -0.494 e. The number of hydrogen-bond donors (Lipinski definition) is 0. The molecular weight excluding hydrogens is 330 g/mol. The zero-order chi connectivity index (χ0) is 18.2. The fourth-order valence-corrected chi connectivity index (χ4v) is 2.97. The molecule has 0 bridgehead atoms. The second kappa shape index (κ2) is 9.36. The predicted molar refractivity (Wildman–Crippen MR) is 99.4 cm³/mol. The van der Waals surface area contributed by atoms with Crippen molar-refractivity contribution >= 4 is 5.97 Å². The molecule has 1 atom stereocenters. The van der Waals surface area contributed by atoms with Crippen molar-refractivity contribution in [3.63, 3.8) is 0 Å². The van der Waals surface area contributed by atoms with E-state index in [1.807, 2.05) is 25.1 Å². The molecule has 2 aromatic carbocycles. The van der Waals surface area contributed by atoms with Gasteiger partial charge in [-0.15, -0.1) is 0 Å². The average molecular weight is 355 g/mol. The summed E-state index contributed by atoms with van der Waals surface area (Å²) in [6, 6.07) is 17.3. The van der Waals surface area contributed by atoms with E-state index in [0.717, 1.165) is 25.4 Å². The summed E-state index contributed by atoms with van der Waals surface area (Å²) >= 11 is 0. The summed E-state index contributed by atoms with van der Waals surface area (Å²) in [6.45, 7) is 5.96. The molecule has 2 aromatic rings. The van der Waals surface area contributed by atoms with Crippen LogP contribution in [0, 0.1) is 0 Å². The third-order valence-electron chi connectivity index (χ3n) is 4.27. The van der Waals surface area contributed by atoms with E-state index in [4.69, 9.17) is 14.2 Å². The van der Waals surface area contributed by atoms with Crippen molar-refractivity contribution in [2.24, 2.45) is 0 Å². The largest absolute Gasteiger partial charge is 0.494 e. The fraction of sp³-hybridized carbons (Fsp3) is 0.381. The Morgan fingerprint density at radius 3 is 2.65 bits per heavy atom. The molecule has 0 aromatic heterocycles. The van der Waals surface area contributed by atoms with Crippen molar-refractivity contribution in [1.82, 2.24) is 4.90 Å². The van der Waals surface area contributed by atoms with Crippen molar-refractivity contribution < 1.29 is 19.0 Å². The Labute approximate surface area is 154 Å². The van der Waals surface area contributed by atoms with Gasteiger partial charge < -0.3 is 14.2 Å². The number of rotatable bonds is 7. The van der Waals surface area contributed by atoms with Crippen LogP contribution < -0.4 is 4.74 Å². The Bertz CT molecular complexity index is 687. The lowest BCUT2D eigenvalue weighted by Gasteiger charge is -2.32. The number of carbonyl (C=O) groups excluding carboxylic acids is 1. The first kappa shape index (κ1) is 18.4. The van der Waals surface area contributed by atoms with E-state index in [-0.39, 0.29) is 18.7 Å². The minimum atomic E-state index is -0.336.